The molecule has 0 aliphatic rings. The van der Waals surface area contributed by atoms with E-state index in [0.29, 0.717) is 29.4 Å². The number of nitrogens with two attached hydrogens (primary N) is 1. The van der Waals surface area contributed by atoms with E-state index in [9.17, 15) is 4.79 Å². The van der Waals surface area contributed by atoms with Gasteiger partial charge < -0.3 is 15.2 Å². The van der Waals surface area contributed by atoms with E-state index in [4.69, 9.17) is 27.4 Å². The highest BCUT2D eigenvalue weighted by atomic mass is 32.1. The van der Waals surface area contributed by atoms with Crippen molar-refractivity contribution in [1.82, 2.24) is 0 Å². The second-order valence-corrected chi connectivity index (χ2v) is 5.03. The predicted molar refractivity (Wildman–Crippen MR) is 94.2 cm³/mol. The molecule has 2 aromatic carbocycles. The number of thiocarbonyl (C=S) groups is 1. The number of carbonyl (C=O) groups is 1. The summed E-state index contributed by atoms with van der Waals surface area (Å²) in [7, 11) is 1.53. The van der Waals surface area contributed by atoms with Gasteiger partial charge in [-0.25, -0.2) is 4.90 Å². The molecular weight excluding hydrogens is 312 g/mol. The summed E-state index contributed by atoms with van der Waals surface area (Å²) in [4.78, 5) is 14.0. The maximum atomic E-state index is 12.8. The maximum Gasteiger partial charge on any atom is 0.264 e. The van der Waals surface area contributed by atoms with Gasteiger partial charge in [0.05, 0.1) is 19.4 Å². The largest absolute Gasteiger partial charge is 0.495 e. The lowest BCUT2D eigenvalue weighted by Crippen LogP contribution is -2.40. The molecule has 2 rings (SSSR count). The highest BCUT2D eigenvalue weighted by Gasteiger charge is 2.23. The van der Waals surface area contributed by atoms with Gasteiger partial charge in [0.25, 0.3) is 5.91 Å². The molecule has 0 radical (unpaired) electrons. The number of carbonyl (C=O) groups excluding carboxylic acids is 1. The minimum Gasteiger partial charge on any atom is -0.495 e. The quantitative estimate of drug-likeness (QED) is 0.854. The van der Waals surface area contributed by atoms with Gasteiger partial charge in [0, 0.05) is 5.56 Å². The molecular formula is C17H18N2O3S. The molecule has 0 heterocycles. The number of nitrogens with zero attached hydrogens (tertiary/aromatic N) is 1. The monoisotopic (exact) mass is 330 g/mol. The van der Waals surface area contributed by atoms with E-state index in [0.717, 1.165) is 0 Å². The minimum atomic E-state index is -0.329. The summed E-state index contributed by atoms with van der Waals surface area (Å²) in [5.74, 6) is 0.882. The topological polar surface area (TPSA) is 64.8 Å². The van der Waals surface area contributed by atoms with E-state index >= 15 is 0 Å². The van der Waals surface area contributed by atoms with Crippen LogP contribution < -0.4 is 20.1 Å². The van der Waals surface area contributed by atoms with Crippen molar-refractivity contribution >= 4 is 28.9 Å². The van der Waals surface area contributed by atoms with Gasteiger partial charge in [-0.05, 0) is 55.5 Å². The number of hydrogen-bond acceptors (Lipinski definition) is 4. The van der Waals surface area contributed by atoms with Crippen molar-refractivity contribution in [1.29, 1.82) is 0 Å². The number of benzene rings is 2. The van der Waals surface area contributed by atoms with Crippen molar-refractivity contribution < 1.29 is 14.3 Å². The zero-order chi connectivity index (χ0) is 16.8. The molecule has 120 valence electrons. The van der Waals surface area contributed by atoms with Crippen LogP contribution in [-0.2, 0) is 0 Å². The molecule has 0 saturated carbocycles. The number of methoxy groups -OCH3 is 1. The van der Waals surface area contributed by atoms with Crippen LogP contribution in [0.2, 0.25) is 0 Å². The molecule has 6 heteroatoms. The molecule has 5 nitrogen and oxygen atoms in total. The first-order chi connectivity index (χ1) is 11.1. The molecule has 0 aliphatic carbocycles. The smallest absolute Gasteiger partial charge is 0.264 e. The summed E-state index contributed by atoms with van der Waals surface area (Å²) >= 11 is 5.05. The van der Waals surface area contributed by atoms with Gasteiger partial charge in [0.2, 0.25) is 0 Å². The van der Waals surface area contributed by atoms with E-state index < -0.39 is 0 Å². The fourth-order valence-corrected chi connectivity index (χ4v) is 2.31. The van der Waals surface area contributed by atoms with Gasteiger partial charge in [0.1, 0.15) is 11.5 Å². The molecule has 0 fully saturated rings. The molecule has 0 atom stereocenters. The number of amides is 1. The fourth-order valence-electron chi connectivity index (χ4n) is 2.13. The third kappa shape index (κ3) is 3.78. The van der Waals surface area contributed by atoms with Crippen molar-refractivity contribution in [2.24, 2.45) is 5.73 Å². The van der Waals surface area contributed by atoms with Crippen LogP contribution in [-0.4, -0.2) is 24.7 Å². The molecule has 0 spiro atoms. The second kappa shape index (κ2) is 7.60. The van der Waals surface area contributed by atoms with Crippen LogP contribution in [0.5, 0.6) is 11.5 Å². The average Bonchev–Trinajstić information content (AvgIpc) is 2.56. The van der Waals surface area contributed by atoms with Crippen LogP contribution in [0.25, 0.3) is 0 Å². The van der Waals surface area contributed by atoms with Crippen molar-refractivity contribution in [3.05, 3.63) is 54.1 Å². The molecule has 2 aromatic rings. The molecule has 2 N–H and O–H groups in total. The second-order valence-electron chi connectivity index (χ2n) is 4.61. The zero-order valence-electron chi connectivity index (χ0n) is 13.0. The number of rotatable bonds is 5. The van der Waals surface area contributed by atoms with Crippen LogP contribution >= 0.6 is 12.2 Å². The summed E-state index contributed by atoms with van der Waals surface area (Å²) in [6.07, 6.45) is 0. The van der Waals surface area contributed by atoms with Gasteiger partial charge in [-0.3, -0.25) is 4.79 Å². The first kappa shape index (κ1) is 16.8. The molecule has 0 saturated heterocycles. The Morgan fingerprint density at radius 3 is 2.39 bits per heavy atom. The Balaban J connectivity index is 2.37. The Kier molecular flexibility index (Phi) is 5.54. The van der Waals surface area contributed by atoms with Gasteiger partial charge in [-0.15, -0.1) is 0 Å². The molecule has 23 heavy (non-hydrogen) atoms. The highest BCUT2D eigenvalue weighted by molar-refractivity contribution is 7.80. The number of anilines is 1. The van der Waals surface area contributed by atoms with E-state index in [1.54, 1.807) is 48.5 Å². The third-order valence-electron chi connectivity index (χ3n) is 3.16. The zero-order valence-corrected chi connectivity index (χ0v) is 13.8. The highest BCUT2D eigenvalue weighted by Crippen LogP contribution is 2.29. The van der Waals surface area contributed by atoms with Gasteiger partial charge >= 0.3 is 0 Å². The van der Waals surface area contributed by atoms with Gasteiger partial charge in [-0.1, -0.05) is 12.1 Å². The van der Waals surface area contributed by atoms with Crippen molar-refractivity contribution in [3.8, 4) is 11.5 Å². The molecule has 0 aromatic heterocycles. The third-order valence-corrected chi connectivity index (χ3v) is 3.34. The van der Waals surface area contributed by atoms with Crippen LogP contribution in [0, 0.1) is 0 Å². The van der Waals surface area contributed by atoms with Gasteiger partial charge in [-0.2, -0.15) is 0 Å². The maximum absolute atomic E-state index is 12.8. The molecule has 0 aliphatic heterocycles. The summed E-state index contributed by atoms with van der Waals surface area (Å²) in [5, 5.41) is -0.0478. The molecule has 0 unspecified atom stereocenters. The minimum absolute atomic E-state index is 0.0478. The first-order valence-electron chi connectivity index (χ1n) is 7.08. The van der Waals surface area contributed by atoms with Crippen LogP contribution in [0.3, 0.4) is 0 Å². The lowest BCUT2D eigenvalue weighted by Gasteiger charge is -2.23. The summed E-state index contributed by atoms with van der Waals surface area (Å²) < 4.78 is 10.7. The van der Waals surface area contributed by atoms with Crippen LogP contribution in [0.1, 0.15) is 17.3 Å². The Morgan fingerprint density at radius 2 is 1.83 bits per heavy atom. The number of para-hydroxylation sites is 2. The Morgan fingerprint density at radius 1 is 1.17 bits per heavy atom. The lowest BCUT2D eigenvalue weighted by atomic mass is 10.1. The SMILES string of the molecule is CCOc1ccc(C(=O)N(C(N)=S)c2ccccc2OC)cc1. The molecule has 1 amide bonds. The number of hydrogen-bond donors (Lipinski definition) is 1. The Bertz CT molecular complexity index is 701. The summed E-state index contributed by atoms with van der Waals surface area (Å²) in [6.45, 7) is 2.46. The lowest BCUT2D eigenvalue weighted by molar-refractivity contribution is 0.100. The average molecular weight is 330 g/mol. The first-order valence-corrected chi connectivity index (χ1v) is 7.49. The summed E-state index contributed by atoms with van der Waals surface area (Å²) in [6, 6.07) is 13.9. The van der Waals surface area contributed by atoms with Crippen molar-refractivity contribution in [2.45, 2.75) is 6.92 Å². The Hall–Kier alpha value is -2.60. The van der Waals surface area contributed by atoms with E-state index in [2.05, 4.69) is 0 Å². The fraction of sp³-hybridized carbons (Fsp3) is 0.176. The normalized spacial score (nSPS) is 10.0. The summed E-state index contributed by atoms with van der Waals surface area (Å²) in [5.41, 5.74) is 6.72. The van der Waals surface area contributed by atoms with E-state index in [1.807, 2.05) is 6.92 Å². The predicted octanol–water partition coefficient (Wildman–Crippen LogP) is 2.98. The van der Waals surface area contributed by atoms with Crippen LogP contribution in [0.4, 0.5) is 5.69 Å². The number of ether oxygens (including phenoxy) is 2. The van der Waals surface area contributed by atoms with Crippen molar-refractivity contribution in [2.75, 3.05) is 18.6 Å². The molecule has 0 bridgehead atoms. The van der Waals surface area contributed by atoms with Gasteiger partial charge in [0.15, 0.2) is 5.11 Å². The standard InChI is InChI=1S/C17H18N2O3S/c1-3-22-13-10-8-12(9-11-13)16(20)19(17(18)23)14-6-4-5-7-15(14)21-2/h4-11H,3H2,1-2H3,(H2,18,23). The van der Waals surface area contributed by atoms with E-state index in [1.165, 1.54) is 12.0 Å². The van der Waals surface area contributed by atoms with E-state index in [-0.39, 0.29) is 11.0 Å². The van der Waals surface area contributed by atoms with Crippen molar-refractivity contribution in [3.63, 3.8) is 0 Å². The van der Waals surface area contributed by atoms with Crippen LogP contribution in [0.15, 0.2) is 48.5 Å². The Labute approximate surface area is 140 Å².